The SMILES string of the molecule is CCOC(=O)c1cc(-c2cccc(OC)c2)nc(N)n1. The zero-order valence-electron chi connectivity index (χ0n) is 11.3. The van der Waals surface area contributed by atoms with Gasteiger partial charge in [-0.05, 0) is 25.1 Å². The van der Waals surface area contributed by atoms with Gasteiger partial charge in [0.25, 0.3) is 0 Å². The van der Waals surface area contributed by atoms with E-state index in [2.05, 4.69) is 9.97 Å². The number of esters is 1. The fourth-order valence-electron chi connectivity index (χ4n) is 1.71. The number of nitrogen functional groups attached to an aromatic ring is 1. The van der Waals surface area contributed by atoms with Crippen molar-refractivity contribution < 1.29 is 14.3 Å². The third kappa shape index (κ3) is 3.03. The number of methoxy groups -OCH3 is 1. The molecule has 0 atom stereocenters. The van der Waals surface area contributed by atoms with Crippen molar-refractivity contribution in [2.45, 2.75) is 6.92 Å². The first-order chi connectivity index (χ1) is 9.63. The number of carbonyl (C=O) groups is 1. The Labute approximate surface area is 116 Å². The summed E-state index contributed by atoms with van der Waals surface area (Å²) in [6, 6.07) is 8.84. The minimum atomic E-state index is -0.522. The molecule has 0 aliphatic heterocycles. The molecule has 0 amide bonds. The molecule has 2 rings (SSSR count). The monoisotopic (exact) mass is 273 g/mol. The van der Waals surface area contributed by atoms with Gasteiger partial charge in [-0.15, -0.1) is 0 Å². The van der Waals surface area contributed by atoms with Gasteiger partial charge in [0.1, 0.15) is 5.75 Å². The molecule has 6 heteroatoms. The maximum Gasteiger partial charge on any atom is 0.357 e. The molecule has 0 fully saturated rings. The summed E-state index contributed by atoms with van der Waals surface area (Å²) in [6.07, 6.45) is 0. The highest BCUT2D eigenvalue weighted by Crippen LogP contribution is 2.23. The molecule has 1 aromatic heterocycles. The standard InChI is InChI=1S/C14H15N3O3/c1-3-20-13(18)12-8-11(16-14(15)17-12)9-5-4-6-10(7-9)19-2/h4-8H,3H2,1-2H3,(H2,15,16,17). The number of aromatic nitrogens is 2. The number of anilines is 1. The molecular formula is C14H15N3O3. The van der Waals surface area contributed by atoms with E-state index in [0.29, 0.717) is 11.4 Å². The van der Waals surface area contributed by atoms with Gasteiger partial charge in [-0.1, -0.05) is 12.1 Å². The number of hydrogen-bond donors (Lipinski definition) is 1. The van der Waals surface area contributed by atoms with Crippen molar-refractivity contribution in [1.29, 1.82) is 0 Å². The predicted molar refractivity (Wildman–Crippen MR) is 74.4 cm³/mol. The van der Waals surface area contributed by atoms with E-state index in [1.165, 1.54) is 0 Å². The van der Waals surface area contributed by atoms with Crippen LogP contribution < -0.4 is 10.5 Å². The molecule has 1 aromatic carbocycles. The number of nitrogens with zero attached hydrogens (tertiary/aromatic N) is 2. The average molecular weight is 273 g/mol. The number of ether oxygens (including phenoxy) is 2. The molecule has 0 saturated carbocycles. The predicted octanol–water partition coefficient (Wildman–Crippen LogP) is 1.91. The van der Waals surface area contributed by atoms with Crippen molar-refractivity contribution in [2.24, 2.45) is 0 Å². The molecule has 104 valence electrons. The van der Waals surface area contributed by atoms with Gasteiger partial charge in [-0.2, -0.15) is 0 Å². The van der Waals surface area contributed by atoms with E-state index >= 15 is 0 Å². The van der Waals surface area contributed by atoms with Crippen molar-refractivity contribution >= 4 is 11.9 Å². The highest BCUT2D eigenvalue weighted by Gasteiger charge is 2.13. The second-order valence-corrected chi connectivity index (χ2v) is 3.95. The van der Waals surface area contributed by atoms with E-state index in [1.54, 1.807) is 26.2 Å². The van der Waals surface area contributed by atoms with Crippen LogP contribution >= 0.6 is 0 Å². The molecule has 0 aliphatic rings. The van der Waals surface area contributed by atoms with E-state index in [-0.39, 0.29) is 18.2 Å². The lowest BCUT2D eigenvalue weighted by Gasteiger charge is -2.07. The van der Waals surface area contributed by atoms with Gasteiger partial charge in [-0.25, -0.2) is 14.8 Å². The molecule has 0 saturated heterocycles. The summed E-state index contributed by atoms with van der Waals surface area (Å²) in [4.78, 5) is 19.7. The quantitative estimate of drug-likeness (QED) is 0.856. The lowest BCUT2D eigenvalue weighted by molar-refractivity contribution is 0.0519. The molecule has 0 bridgehead atoms. The van der Waals surface area contributed by atoms with Crippen molar-refractivity contribution in [3.8, 4) is 17.0 Å². The largest absolute Gasteiger partial charge is 0.497 e. The highest BCUT2D eigenvalue weighted by molar-refractivity contribution is 5.88. The Balaban J connectivity index is 2.43. The fourth-order valence-corrected chi connectivity index (χ4v) is 1.71. The van der Waals surface area contributed by atoms with Crippen LogP contribution in [0.15, 0.2) is 30.3 Å². The summed E-state index contributed by atoms with van der Waals surface area (Å²) in [5, 5.41) is 0. The Hall–Kier alpha value is -2.63. The first-order valence-corrected chi connectivity index (χ1v) is 6.10. The molecule has 0 aliphatic carbocycles. The van der Waals surface area contributed by atoms with Crippen LogP contribution in [0, 0.1) is 0 Å². The smallest absolute Gasteiger partial charge is 0.357 e. The van der Waals surface area contributed by atoms with Gasteiger partial charge in [0.2, 0.25) is 5.95 Å². The van der Waals surface area contributed by atoms with Crippen molar-refractivity contribution in [1.82, 2.24) is 9.97 Å². The summed E-state index contributed by atoms with van der Waals surface area (Å²) in [5.74, 6) is 0.191. The van der Waals surface area contributed by atoms with Crippen molar-refractivity contribution in [3.05, 3.63) is 36.0 Å². The lowest BCUT2D eigenvalue weighted by atomic mass is 10.1. The van der Waals surface area contributed by atoms with Gasteiger partial charge in [-0.3, -0.25) is 0 Å². The number of hydrogen-bond acceptors (Lipinski definition) is 6. The van der Waals surface area contributed by atoms with E-state index < -0.39 is 5.97 Å². The number of nitrogens with two attached hydrogens (primary N) is 1. The van der Waals surface area contributed by atoms with Crippen LogP contribution in [-0.4, -0.2) is 29.7 Å². The van der Waals surface area contributed by atoms with Crippen LogP contribution in [-0.2, 0) is 4.74 Å². The average Bonchev–Trinajstić information content (AvgIpc) is 2.47. The van der Waals surface area contributed by atoms with E-state index in [9.17, 15) is 4.79 Å². The zero-order chi connectivity index (χ0) is 14.5. The Morgan fingerprint density at radius 3 is 2.80 bits per heavy atom. The molecule has 2 aromatic rings. The second-order valence-electron chi connectivity index (χ2n) is 3.95. The van der Waals surface area contributed by atoms with E-state index in [4.69, 9.17) is 15.2 Å². The molecule has 0 spiro atoms. The topological polar surface area (TPSA) is 87.3 Å². The molecule has 0 radical (unpaired) electrons. The molecule has 6 nitrogen and oxygen atoms in total. The summed E-state index contributed by atoms with van der Waals surface area (Å²) in [5.41, 5.74) is 7.10. The van der Waals surface area contributed by atoms with Gasteiger partial charge in [0, 0.05) is 5.56 Å². The van der Waals surface area contributed by atoms with Gasteiger partial charge < -0.3 is 15.2 Å². The Bertz CT molecular complexity index is 629. The Kier molecular flexibility index (Phi) is 4.14. The molecular weight excluding hydrogens is 258 g/mol. The first kappa shape index (κ1) is 13.8. The van der Waals surface area contributed by atoms with Crippen molar-refractivity contribution in [2.75, 3.05) is 19.5 Å². The molecule has 0 unspecified atom stereocenters. The number of benzene rings is 1. The molecule has 20 heavy (non-hydrogen) atoms. The zero-order valence-corrected chi connectivity index (χ0v) is 11.3. The van der Waals surface area contributed by atoms with Crippen LogP contribution in [0.5, 0.6) is 5.75 Å². The van der Waals surface area contributed by atoms with Crippen LogP contribution in [0.4, 0.5) is 5.95 Å². The first-order valence-electron chi connectivity index (χ1n) is 6.10. The minimum absolute atomic E-state index is 0.0216. The summed E-state index contributed by atoms with van der Waals surface area (Å²) in [6.45, 7) is 2.00. The van der Waals surface area contributed by atoms with Crippen LogP contribution in [0.3, 0.4) is 0 Å². The van der Waals surface area contributed by atoms with Gasteiger partial charge in [0.15, 0.2) is 5.69 Å². The van der Waals surface area contributed by atoms with Crippen LogP contribution in [0.25, 0.3) is 11.3 Å². The Morgan fingerprint density at radius 2 is 2.10 bits per heavy atom. The maximum absolute atomic E-state index is 11.7. The van der Waals surface area contributed by atoms with Crippen LogP contribution in [0.2, 0.25) is 0 Å². The fraction of sp³-hybridized carbons (Fsp3) is 0.214. The number of carbonyl (C=O) groups excluding carboxylic acids is 1. The maximum atomic E-state index is 11.7. The van der Waals surface area contributed by atoms with E-state index in [1.807, 2.05) is 18.2 Å². The van der Waals surface area contributed by atoms with Gasteiger partial charge in [0.05, 0.1) is 19.4 Å². The third-order valence-corrected chi connectivity index (χ3v) is 2.59. The van der Waals surface area contributed by atoms with E-state index in [0.717, 1.165) is 5.56 Å². The van der Waals surface area contributed by atoms with Gasteiger partial charge >= 0.3 is 5.97 Å². The lowest BCUT2D eigenvalue weighted by Crippen LogP contribution is -2.10. The normalized spacial score (nSPS) is 10.1. The highest BCUT2D eigenvalue weighted by atomic mass is 16.5. The van der Waals surface area contributed by atoms with Crippen LogP contribution in [0.1, 0.15) is 17.4 Å². The third-order valence-electron chi connectivity index (χ3n) is 2.59. The number of rotatable bonds is 4. The molecule has 2 N–H and O–H groups in total. The Morgan fingerprint density at radius 1 is 1.30 bits per heavy atom. The summed E-state index contributed by atoms with van der Waals surface area (Å²) >= 11 is 0. The summed E-state index contributed by atoms with van der Waals surface area (Å²) < 4.78 is 10.1. The molecule has 1 heterocycles. The van der Waals surface area contributed by atoms with Crippen molar-refractivity contribution in [3.63, 3.8) is 0 Å². The second kappa shape index (κ2) is 6.01. The summed E-state index contributed by atoms with van der Waals surface area (Å²) in [7, 11) is 1.58. The minimum Gasteiger partial charge on any atom is -0.497 e.